The largest absolute Gasteiger partial charge is 0.360 e. The van der Waals surface area contributed by atoms with E-state index in [0.29, 0.717) is 18.1 Å². The Labute approximate surface area is 139 Å². The Morgan fingerprint density at radius 3 is 2.77 bits per heavy atom. The summed E-state index contributed by atoms with van der Waals surface area (Å²) >= 11 is 7.70. The Balaban J connectivity index is 1.57. The number of para-hydroxylation sites is 1. The molecule has 0 spiro atoms. The lowest BCUT2D eigenvalue weighted by atomic mass is 10.2. The maximum atomic E-state index is 12.2. The van der Waals surface area contributed by atoms with E-state index in [-0.39, 0.29) is 5.91 Å². The molecule has 1 amide bonds. The number of carbonyl (C=O) groups excluding carboxylic acids is 1. The highest BCUT2D eigenvalue weighted by Crippen LogP contribution is 2.33. The van der Waals surface area contributed by atoms with Gasteiger partial charge in [0, 0.05) is 28.8 Å². The fourth-order valence-corrected chi connectivity index (χ4v) is 3.60. The average Bonchev–Trinajstić information content (AvgIpc) is 2.55. The van der Waals surface area contributed by atoms with E-state index in [9.17, 15) is 4.79 Å². The monoisotopic (exact) mass is 332 g/mol. The summed E-state index contributed by atoms with van der Waals surface area (Å²) in [6, 6.07) is 15.8. The number of anilines is 1. The molecule has 114 valence electrons. The Kier molecular flexibility index (Phi) is 4.90. The number of hydrogen-bond donors (Lipinski definition) is 1. The van der Waals surface area contributed by atoms with Gasteiger partial charge in [0.1, 0.15) is 0 Å². The number of hydrogen-bond acceptors (Lipinski definition) is 3. The molecule has 0 atom stereocenters. The lowest BCUT2D eigenvalue weighted by Gasteiger charge is -2.30. The lowest BCUT2D eigenvalue weighted by molar-refractivity contribution is -0.119. The van der Waals surface area contributed by atoms with Crippen LogP contribution in [-0.4, -0.2) is 24.7 Å². The standard InChI is InChI=1S/C17H17ClN2OS/c18-14-7-5-13(6-8-14)11-19-17(21)12-20-9-10-22-16-4-2-1-3-15(16)20/h1-8H,9-12H2,(H,19,21). The second kappa shape index (κ2) is 7.07. The fraction of sp³-hybridized carbons (Fsp3) is 0.235. The van der Waals surface area contributed by atoms with Crippen molar-refractivity contribution in [3.05, 3.63) is 59.1 Å². The first-order valence-corrected chi connectivity index (χ1v) is 8.56. The normalized spacial score (nSPS) is 13.6. The second-order valence-corrected chi connectivity index (χ2v) is 6.71. The van der Waals surface area contributed by atoms with Gasteiger partial charge in [0.15, 0.2) is 0 Å². The second-order valence-electron chi connectivity index (χ2n) is 5.14. The molecule has 0 fully saturated rings. The van der Waals surface area contributed by atoms with E-state index in [1.807, 2.05) is 48.2 Å². The quantitative estimate of drug-likeness (QED) is 0.929. The van der Waals surface area contributed by atoms with Crippen molar-refractivity contribution >= 4 is 35.0 Å². The summed E-state index contributed by atoms with van der Waals surface area (Å²) in [4.78, 5) is 15.6. The van der Waals surface area contributed by atoms with Gasteiger partial charge < -0.3 is 10.2 Å². The van der Waals surface area contributed by atoms with Gasteiger partial charge in [0.05, 0.1) is 12.2 Å². The number of amides is 1. The molecule has 0 radical (unpaired) electrons. The van der Waals surface area contributed by atoms with Crippen molar-refractivity contribution in [1.82, 2.24) is 5.32 Å². The number of benzene rings is 2. The van der Waals surface area contributed by atoms with Crippen molar-refractivity contribution in [3.63, 3.8) is 0 Å². The highest BCUT2D eigenvalue weighted by atomic mass is 35.5. The summed E-state index contributed by atoms with van der Waals surface area (Å²) < 4.78 is 0. The molecule has 1 aliphatic rings. The molecule has 2 aromatic carbocycles. The summed E-state index contributed by atoms with van der Waals surface area (Å²) in [6.45, 7) is 1.82. The van der Waals surface area contributed by atoms with Crippen molar-refractivity contribution in [2.45, 2.75) is 11.4 Å². The van der Waals surface area contributed by atoms with Crippen LogP contribution >= 0.6 is 23.4 Å². The van der Waals surface area contributed by atoms with E-state index < -0.39 is 0 Å². The zero-order chi connectivity index (χ0) is 15.4. The molecule has 0 aliphatic carbocycles. The number of thioether (sulfide) groups is 1. The minimum absolute atomic E-state index is 0.0386. The molecule has 0 saturated heterocycles. The first-order valence-electron chi connectivity index (χ1n) is 7.20. The van der Waals surface area contributed by atoms with E-state index in [4.69, 9.17) is 11.6 Å². The van der Waals surface area contributed by atoms with Gasteiger partial charge >= 0.3 is 0 Å². The van der Waals surface area contributed by atoms with Crippen LogP contribution < -0.4 is 10.2 Å². The molecule has 1 N–H and O–H groups in total. The molecule has 0 bridgehead atoms. The molecule has 22 heavy (non-hydrogen) atoms. The van der Waals surface area contributed by atoms with Gasteiger partial charge in [-0.2, -0.15) is 0 Å². The Morgan fingerprint density at radius 2 is 1.95 bits per heavy atom. The van der Waals surface area contributed by atoms with Gasteiger partial charge in [-0.3, -0.25) is 4.79 Å². The highest BCUT2D eigenvalue weighted by molar-refractivity contribution is 7.99. The summed E-state index contributed by atoms with van der Waals surface area (Å²) in [7, 11) is 0. The molecule has 5 heteroatoms. The van der Waals surface area contributed by atoms with Crippen LogP contribution in [0, 0.1) is 0 Å². The van der Waals surface area contributed by atoms with Crippen LogP contribution in [0.2, 0.25) is 5.02 Å². The molecule has 3 nitrogen and oxygen atoms in total. The van der Waals surface area contributed by atoms with Crippen LogP contribution in [0.3, 0.4) is 0 Å². The van der Waals surface area contributed by atoms with Crippen LogP contribution in [-0.2, 0) is 11.3 Å². The number of halogens is 1. The van der Waals surface area contributed by atoms with E-state index in [0.717, 1.165) is 23.5 Å². The summed E-state index contributed by atoms with van der Waals surface area (Å²) in [5.74, 6) is 1.05. The van der Waals surface area contributed by atoms with Crippen molar-refractivity contribution in [3.8, 4) is 0 Å². The smallest absolute Gasteiger partial charge is 0.239 e. The molecule has 2 aromatic rings. The van der Waals surface area contributed by atoms with Crippen molar-refractivity contribution in [2.24, 2.45) is 0 Å². The molecule has 0 aromatic heterocycles. The van der Waals surface area contributed by atoms with Crippen LogP contribution in [0.15, 0.2) is 53.4 Å². The molecule has 0 unspecified atom stereocenters. The van der Waals surface area contributed by atoms with Crippen LogP contribution in [0.1, 0.15) is 5.56 Å². The van der Waals surface area contributed by atoms with Crippen LogP contribution in [0.4, 0.5) is 5.69 Å². The van der Waals surface area contributed by atoms with Gasteiger partial charge in [-0.15, -0.1) is 11.8 Å². The first kappa shape index (κ1) is 15.3. The van der Waals surface area contributed by atoms with Crippen molar-refractivity contribution in [2.75, 3.05) is 23.7 Å². The van der Waals surface area contributed by atoms with Gasteiger partial charge in [0.25, 0.3) is 0 Å². The average molecular weight is 333 g/mol. The third kappa shape index (κ3) is 3.76. The molecule has 1 aliphatic heterocycles. The van der Waals surface area contributed by atoms with Crippen LogP contribution in [0.25, 0.3) is 0 Å². The van der Waals surface area contributed by atoms with Gasteiger partial charge in [-0.25, -0.2) is 0 Å². The zero-order valence-electron chi connectivity index (χ0n) is 12.1. The van der Waals surface area contributed by atoms with E-state index in [1.54, 1.807) is 0 Å². The Hall–Kier alpha value is -1.65. The number of rotatable bonds is 4. The third-order valence-corrected chi connectivity index (χ3v) is 4.86. The maximum Gasteiger partial charge on any atom is 0.239 e. The summed E-state index contributed by atoms with van der Waals surface area (Å²) in [6.07, 6.45) is 0. The summed E-state index contributed by atoms with van der Waals surface area (Å²) in [5, 5.41) is 3.67. The number of nitrogens with zero attached hydrogens (tertiary/aromatic N) is 1. The number of carbonyl (C=O) groups is 1. The Bertz CT molecular complexity index is 660. The number of fused-ring (bicyclic) bond motifs is 1. The third-order valence-electron chi connectivity index (χ3n) is 3.56. The SMILES string of the molecule is O=C(CN1CCSc2ccccc21)NCc1ccc(Cl)cc1. The van der Waals surface area contributed by atoms with E-state index in [2.05, 4.69) is 22.3 Å². The highest BCUT2D eigenvalue weighted by Gasteiger charge is 2.18. The predicted octanol–water partition coefficient (Wildman–Crippen LogP) is 3.57. The van der Waals surface area contributed by atoms with Crippen molar-refractivity contribution in [1.29, 1.82) is 0 Å². The fourth-order valence-electron chi connectivity index (χ4n) is 2.42. The molecule has 3 rings (SSSR count). The lowest BCUT2D eigenvalue weighted by Crippen LogP contribution is -2.39. The minimum atomic E-state index is 0.0386. The van der Waals surface area contributed by atoms with E-state index >= 15 is 0 Å². The summed E-state index contributed by atoms with van der Waals surface area (Å²) in [5.41, 5.74) is 2.20. The maximum absolute atomic E-state index is 12.2. The topological polar surface area (TPSA) is 32.3 Å². The molecular formula is C17H17ClN2OS. The molecular weight excluding hydrogens is 316 g/mol. The number of nitrogens with one attached hydrogen (secondary N) is 1. The van der Waals surface area contributed by atoms with Gasteiger partial charge in [-0.1, -0.05) is 35.9 Å². The molecule has 1 heterocycles. The van der Waals surface area contributed by atoms with Gasteiger partial charge in [-0.05, 0) is 29.8 Å². The minimum Gasteiger partial charge on any atom is -0.360 e. The zero-order valence-corrected chi connectivity index (χ0v) is 13.7. The van der Waals surface area contributed by atoms with Crippen molar-refractivity contribution < 1.29 is 4.79 Å². The molecule has 0 saturated carbocycles. The predicted molar refractivity (Wildman–Crippen MR) is 92.7 cm³/mol. The van der Waals surface area contributed by atoms with E-state index in [1.165, 1.54) is 4.90 Å². The van der Waals surface area contributed by atoms with Gasteiger partial charge in [0.2, 0.25) is 5.91 Å². The Morgan fingerprint density at radius 1 is 1.18 bits per heavy atom. The first-order chi connectivity index (χ1) is 10.7. The van der Waals surface area contributed by atoms with Crippen LogP contribution in [0.5, 0.6) is 0 Å².